The van der Waals surface area contributed by atoms with Crippen molar-refractivity contribution in [3.8, 4) is 0 Å². The minimum atomic E-state index is -0.352. The fourth-order valence-corrected chi connectivity index (χ4v) is 4.33. The molecular weight excluding hydrogens is 502 g/mol. The first-order valence-electron chi connectivity index (χ1n) is 10.5. The smallest absolute Gasteiger partial charge is 0.251 e. The lowest BCUT2D eigenvalue weighted by molar-refractivity contribution is -0.113. The molecule has 3 rings (SSSR count). The molecule has 172 valence electrons. The quantitative estimate of drug-likeness (QED) is 0.283. The summed E-state index contributed by atoms with van der Waals surface area (Å²) in [5.74, 6) is 0.549. The van der Waals surface area contributed by atoms with Crippen LogP contribution in [0.4, 0.5) is 5.69 Å². The van der Waals surface area contributed by atoms with Crippen LogP contribution in [0.5, 0.6) is 0 Å². The van der Waals surface area contributed by atoms with E-state index < -0.39 is 0 Å². The number of carbonyl (C=O) groups is 2. The Morgan fingerprint density at radius 1 is 1.15 bits per heavy atom. The molecule has 0 bridgehead atoms. The molecule has 1 heterocycles. The van der Waals surface area contributed by atoms with E-state index in [9.17, 15) is 9.59 Å². The summed E-state index contributed by atoms with van der Waals surface area (Å²) in [4.78, 5) is 25.2. The number of thioether (sulfide) groups is 1. The van der Waals surface area contributed by atoms with E-state index in [0.29, 0.717) is 28.8 Å². The second-order valence-electron chi connectivity index (χ2n) is 7.65. The van der Waals surface area contributed by atoms with Crippen LogP contribution in [0.3, 0.4) is 0 Å². The van der Waals surface area contributed by atoms with Crippen molar-refractivity contribution in [2.45, 2.75) is 31.6 Å². The van der Waals surface area contributed by atoms with Crippen molar-refractivity contribution in [2.24, 2.45) is 5.92 Å². The minimum Gasteiger partial charge on any atom is -0.342 e. The second kappa shape index (κ2) is 11.8. The molecule has 1 aromatic heterocycles. The van der Waals surface area contributed by atoms with Gasteiger partial charge in [-0.2, -0.15) is 0 Å². The Labute approximate surface area is 206 Å². The Kier molecular flexibility index (Phi) is 8.85. The molecular formula is C24H26BrN5O2S. The Morgan fingerprint density at radius 2 is 1.91 bits per heavy atom. The first-order valence-corrected chi connectivity index (χ1v) is 12.2. The van der Waals surface area contributed by atoms with Crippen molar-refractivity contribution in [2.75, 3.05) is 11.1 Å². The van der Waals surface area contributed by atoms with Gasteiger partial charge >= 0.3 is 0 Å². The fourth-order valence-electron chi connectivity index (χ4n) is 3.17. The van der Waals surface area contributed by atoms with Gasteiger partial charge in [-0.1, -0.05) is 71.9 Å². The highest BCUT2D eigenvalue weighted by Crippen LogP contribution is 2.26. The van der Waals surface area contributed by atoms with E-state index in [1.807, 2.05) is 60.9 Å². The predicted molar refractivity (Wildman–Crippen MR) is 135 cm³/mol. The number of anilines is 1. The van der Waals surface area contributed by atoms with Crippen LogP contribution in [0.2, 0.25) is 0 Å². The van der Waals surface area contributed by atoms with Gasteiger partial charge in [-0.25, -0.2) is 0 Å². The van der Waals surface area contributed by atoms with E-state index in [0.717, 1.165) is 4.47 Å². The number of hydrogen-bond donors (Lipinski definition) is 2. The summed E-state index contributed by atoms with van der Waals surface area (Å²) < 4.78 is 2.78. The standard InChI is InChI=1S/C24H26BrN5O2S/c1-4-13-30-22(21(16(2)3)27-23(32)17-9-6-5-7-10-17)28-29-24(30)33-15-20(31)26-19-12-8-11-18(25)14-19/h4-12,14,16,21H,1,13,15H2,2-3H3,(H,26,31)(H,27,32). The fraction of sp³-hybridized carbons (Fsp3) is 0.250. The first-order chi connectivity index (χ1) is 15.9. The number of nitrogens with zero attached hydrogens (tertiary/aromatic N) is 3. The van der Waals surface area contributed by atoms with E-state index in [4.69, 9.17) is 0 Å². The lowest BCUT2D eigenvalue weighted by Crippen LogP contribution is -2.33. The van der Waals surface area contributed by atoms with Gasteiger partial charge in [-0.3, -0.25) is 9.59 Å². The highest BCUT2D eigenvalue weighted by atomic mass is 79.9. The molecule has 0 saturated heterocycles. The van der Waals surface area contributed by atoms with Crippen LogP contribution in [0.15, 0.2) is 76.9 Å². The Balaban J connectivity index is 1.74. The molecule has 1 atom stereocenters. The van der Waals surface area contributed by atoms with Gasteiger partial charge < -0.3 is 15.2 Å². The van der Waals surface area contributed by atoms with Crippen LogP contribution in [0.1, 0.15) is 36.1 Å². The monoisotopic (exact) mass is 527 g/mol. The summed E-state index contributed by atoms with van der Waals surface area (Å²) in [6, 6.07) is 16.1. The lowest BCUT2D eigenvalue weighted by atomic mass is 10.0. The molecule has 2 amide bonds. The van der Waals surface area contributed by atoms with Gasteiger partial charge in [-0.15, -0.1) is 16.8 Å². The predicted octanol–water partition coefficient (Wildman–Crippen LogP) is 5.08. The molecule has 0 spiro atoms. The van der Waals surface area contributed by atoms with Crippen LogP contribution in [-0.2, 0) is 11.3 Å². The van der Waals surface area contributed by atoms with Crippen LogP contribution >= 0.6 is 27.7 Å². The van der Waals surface area contributed by atoms with E-state index in [1.165, 1.54) is 11.8 Å². The van der Waals surface area contributed by atoms with Gasteiger partial charge in [0.2, 0.25) is 5.91 Å². The summed E-state index contributed by atoms with van der Waals surface area (Å²) in [6.45, 7) is 8.32. The maximum Gasteiger partial charge on any atom is 0.251 e. The zero-order valence-corrected chi connectivity index (χ0v) is 20.9. The molecule has 7 nitrogen and oxygen atoms in total. The van der Waals surface area contributed by atoms with Crippen molar-refractivity contribution in [1.29, 1.82) is 0 Å². The van der Waals surface area contributed by atoms with Crippen molar-refractivity contribution in [3.05, 3.63) is 83.1 Å². The molecule has 0 aliphatic rings. The summed E-state index contributed by atoms with van der Waals surface area (Å²) in [7, 11) is 0. The van der Waals surface area contributed by atoms with E-state index in [-0.39, 0.29) is 29.5 Å². The highest BCUT2D eigenvalue weighted by Gasteiger charge is 2.26. The highest BCUT2D eigenvalue weighted by molar-refractivity contribution is 9.10. The average molecular weight is 528 g/mol. The molecule has 0 aliphatic heterocycles. The second-order valence-corrected chi connectivity index (χ2v) is 9.51. The molecule has 0 fully saturated rings. The third kappa shape index (κ3) is 6.79. The minimum absolute atomic E-state index is 0.0723. The van der Waals surface area contributed by atoms with Crippen molar-refractivity contribution in [3.63, 3.8) is 0 Å². The molecule has 1 unspecified atom stereocenters. The first kappa shape index (κ1) is 24.7. The summed E-state index contributed by atoms with van der Waals surface area (Å²) in [6.07, 6.45) is 1.74. The topological polar surface area (TPSA) is 88.9 Å². The van der Waals surface area contributed by atoms with E-state index in [2.05, 4.69) is 43.3 Å². The molecule has 33 heavy (non-hydrogen) atoms. The number of nitrogens with one attached hydrogen (secondary N) is 2. The number of hydrogen-bond acceptors (Lipinski definition) is 5. The Morgan fingerprint density at radius 3 is 2.58 bits per heavy atom. The Hall–Kier alpha value is -2.91. The number of benzene rings is 2. The molecule has 9 heteroatoms. The Bertz CT molecular complexity index is 1120. The normalized spacial score (nSPS) is 11.8. The maximum atomic E-state index is 12.8. The number of carbonyl (C=O) groups excluding carboxylic acids is 2. The third-order valence-electron chi connectivity index (χ3n) is 4.77. The molecule has 3 aromatic rings. The van der Waals surface area contributed by atoms with E-state index in [1.54, 1.807) is 18.2 Å². The average Bonchev–Trinajstić information content (AvgIpc) is 3.18. The number of aromatic nitrogens is 3. The number of halogens is 1. The molecule has 0 aliphatic carbocycles. The van der Waals surface area contributed by atoms with Crippen LogP contribution < -0.4 is 10.6 Å². The van der Waals surface area contributed by atoms with Crippen LogP contribution in [0, 0.1) is 5.92 Å². The van der Waals surface area contributed by atoms with Gasteiger partial charge in [-0.05, 0) is 36.2 Å². The van der Waals surface area contributed by atoms with Gasteiger partial charge in [0.15, 0.2) is 11.0 Å². The van der Waals surface area contributed by atoms with Gasteiger partial charge in [0, 0.05) is 22.3 Å². The summed E-state index contributed by atoms with van der Waals surface area (Å²) >= 11 is 4.69. The summed E-state index contributed by atoms with van der Waals surface area (Å²) in [5.41, 5.74) is 1.29. The molecule has 0 radical (unpaired) electrons. The van der Waals surface area contributed by atoms with E-state index >= 15 is 0 Å². The third-order valence-corrected chi connectivity index (χ3v) is 6.23. The van der Waals surface area contributed by atoms with Crippen LogP contribution in [-0.4, -0.2) is 32.3 Å². The zero-order chi connectivity index (χ0) is 23.8. The molecule has 2 aromatic carbocycles. The SMILES string of the molecule is C=CCn1c(SCC(=O)Nc2cccc(Br)c2)nnc1C(NC(=O)c1ccccc1)C(C)C. The van der Waals surface area contributed by atoms with Crippen molar-refractivity contribution >= 4 is 45.2 Å². The largest absolute Gasteiger partial charge is 0.342 e. The van der Waals surface area contributed by atoms with Gasteiger partial charge in [0.05, 0.1) is 11.8 Å². The number of rotatable bonds is 10. The van der Waals surface area contributed by atoms with Crippen molar-refractivity contribution < 1.29 is 9.59 Å². The number of allylic oxidation sites excluding steroid dienone is 1. The lowest BCUT2D eigenvalue weighted by Gasteiger charge is -2.22. The molecule has 0 saturated carbocycles. The number of amides is 2. The van der Waals surface area contributed by atoms with Crippen molar-refractivity contribution in [1.82, 2.24) is 20.1 Å². The van der Waals surface area contributed by atoms with Crippen LogP contribution in [0.25, 0.3) is 0 Å². The maximum absolute atomic E-state index is 12.8. The van der Waals surface area contributed by atoms with Gasteiger partial charge in [0.25, 0.3) is 5.91 Å². The zero-order valence-electron chi connectivity index (χ0n) is 18.5. The van der Waals surface area contributed by atoms with Gasteiger partial charge in [0.1, 0.15) is 0 Å². The summed E-state index contributed by atoms with van der Waals surface area (Å²) in [5, 5.41) is 15.2. The molecule has 2 N–H and O–H groups in total.